The van der Waals surface area contributed by atoms with Gasteiger partial charge in [0.1, 0.15) is 11.2 Å². The van der Waals surface area contributed by atoms with Gasteiger partial charge in [0, 0.05) is 50.8 Å². The summed E-state index contributed by atoms with van der Waals surface area (Å²) in [6.45, 7) is 0. The van der Waals surface area contributed by atoms with Crippen LogP contribution in [0.1, 0.15) is 0 Å². The van der Waals surface area contributed by atoms with Gasteiger partial charge in [0.2, 0.25) is 0 Å². The molecule has 1 heterocycles. The lowest BCUT2D eigenvalue weighted by Gasteiger charge is -2.29. The lowest BCUT2D eigenvalue weighted by molar-refractivity contribution is 0.669. The number of para-hydroxylation sites is 2. The van der Waals surface area contributed by atoms with Crippen LogP contribution in [0.5, 0.6) is 0 Å². The Morgan fingerprint density at radius 2 is 0.732 bits per heavy atom. The van der Waals surface area contributed by atoms with Gasteiger partial charge in [-0.05, 0) is 139 Å². The van der Waals surface area contributed by atoms with Crippen molar-refractivity contribution in [2.45, 2.75) is 0 Å². The molecule has 0 radical (unpaired) electrons. The maximum absolute atomic E-state index is 6.50. The summed E-state index contributed by atoms with van der Waals surface area (Å²) in [5, 5.41) is 7.16. The lowest BCUT2D eigenvalue weighted by atomic mass is 9.97. The fourth-order valence-electron chi connectivity index (χ4n) is 10.3. The molecular formula is C68H46N2O. The molecule has 12 aromatic carbocycles. The van der Waals surface area contributed by atoms with E-state index in [1.807, 2.05) is 12.1 Å². The summed E-state index contributed by atoms with van der Waals surface area (Å²) >= 11 is 0. The van der Waals surface area contributed by atoms with E-state index in [2.05, 4.69) is 277 Å². The molecule has 0 fully saturated rings. The van der Waals surface area contributed by atoms with Crippen LogP contribution in [0.4, 0.5) is 34.1 Å². The zero-order valence-electron chi connectivity index (χ0n) is 38.9. The van der Waals surface area contributed by atoms with E-state index in [4.69, 9.17) is 4.42 Å². The maximum atomic E-state index is 6.50. The van der Waals surface area contributed by atoms with Gasteiger partial charge in [-0.1, -0.05) is 194 Å². The number of anilines is 6. The molecule has 0 saturated carbocycles. The van der Waals surface area contributed by atoms with Gasteiger partial charge in [-0.25, -0.2) is 0 Å². The molecule has 0 unspecified atom stereocenters. The monoisotopic (exact) mass is 906 g/mol. The minimum absolute atomic E-state index is 0.850. The molecule has 3 heteroatoms. The Morgan fingerprint density at radius 1 is 0.225 bits per heavy atom. The van der Waals surface area contributed by atoms with Crippen LogP contribution < -0.4 is 9.80 Å². The number of fused-ring (bicyclic) bond motifs is 5. The summed E-state index contributed by atoms with van der Waals surface area (Å²) in [4.78, 5) is 4.75. The van der Waals surface area contributed by atoms with Crippen molar-refractivity contribution >= 4 is 77.6 Å². The molecule has 71 heavy (non-hydrogen) atoms. The van der Waals surface area contributed by atoms with Crippen LogP contribution in [0, 0.1) is 0 Å². The highest BCUT2D eigenvalue weighted by atomic mass is 16.3. The van der Waals surface area contributed by atoms with Gasteiger partial charge in [0.05, 0.1) is 5.69 Å². The predicted molar refractivity (Wildman–Crippen MR) is 300 cm³/mol. The molecule has 0 amide bonds. The zero-order valence-corrected chi connectivity index (χ0v) is 38.9. The van der Waals surface area contributed by atoms with E-state index in [9.17, 15) is 0 Å². The van der Waals surface area contributed by atoms with Gasteiger partial charge >= 0.3 is 0 Å². The van der Waals surface area contributed by atoms with Gasteiger partial charge in [0.15, 0.2) is 0 Å². The lowest BCUT2D eigenvalue weighted by Crippen LogP contribution is -2.12. The number of hydrogen-bond donors (Lipinski definition) is 0. The summed E-state index contributed by atoms with van der Waals surface area (Å²) in [5.41, 5.74) is 17.3. The molecule has 0 aliphatic carbocycles. The molecule has 0 aliphatic rings. The van der Waals surface area contributed by atoms with E-state index in [1.165, 1.54) is 49.4 Å². The summed E-state index contributed by atoms with van der Waals surface area (Å²) < 4.78 is 6.50. The highest BCUT2D eigenvalue weighted by Gasteiger charge is 2.21. The second kappa shape index (κ2) is 17.9. The summed E-state index contributed by atoms with van der Waals surface area (Å²) in [7, 11) is 0. The first-order valence-corrected chi connectivity index (χ1v) is 24.2. The zero-order chi connectivity index (χ0) is 47.1. The van der Waals surface area contributed by atoms with Crippen molar-refractivity contribution in [2.75, 3.05) is 9.80 Å². The third-order valence-corrected chi connectivity index (χ3v) is 13.8. The largest absolute Gasteiger partial charge is 0.456 e. The Bertz CT molecular complexity index is 4050. The molecule has 0 spiro atoms. The Kier molecular flexibility index (Phi) is 10.5. The van der Waals surface area contributed by atoms with Crippen molar-refractivity contribution in [3.05, 3.63) is 279 Å². The normalized spacial score (nSPS) is 11.4. The smallest absolute Gasteiger partial charge is 0.137 e. The van der Waals surface area contributed by atoms with E-state index in [1.54, 1.807) is 0 Å². The van der Waals surface area contributed by atoms with E-state index in [0.717, 1.165) is 72.8 Å². The topological polar surface area (TPSA) is 19.6 Å². The Hall–Kier alpha value is -9.44. The fraction of sp³-hybridized carbons (Fsp3) is 0. The Balaban J connectivity index is 0.944. The van der Waals surface area contributed by atoms with Crippen molar-refractivity contribution in [3.63, 3.8) is 0 Å². The molecule has 13 aromatic rings. The van der Waals surface area contributed by atoms with Crippen LogP contribution in [-0.4, -0.2) is 0 Å². The van der Waals surface area contributed by atoms with E-state index in [-0.39, 0.29) is 0 Å². The summed E-state index contributed by atoms with van der Waals surface area (Å²) in [5.74, 6) is 0. The molecular weight excluding hydrogens is 861 g/mol. The van der Waals surface area contributed by atoms with Gasteiger partial charge in [-0.15, -0.1) is 0 Å². The molecule has 13 rings (SSSR count). The number of rotatable bonds is 10. The van der Waals surface area contributed by atoms with Crippen molar-refractivity contribution in [1.29, 1.82) is 0 Å². The minimum atomic E-state index is 0.850. The third kappa shape index (κ3) is 7.86. The molecule has 0 atom stereocenters. The second-order valence-electron chi connectivity index (χ2n) is 18.1. The second-order valence-corrected chi connectivity index (χ2v) is 18.1. The molecule has 0 bridgehead atoms. The number of benzene rings is 12. The van der Waals surface area contributed by atoms with Crippen LogP contribution in [-0.2, 0) is 0 Å². The summed E-state index contributed by atoms with van der Waals surface area (Å²) in [6, 6.07) is 100. The standard InChI is InChI=1S/C68H46N2O/c1-2-15-47(16-3-1)53-21-12-23-58(44-53)69(60-41-42-65-64-27-9-11-30-67(64)71-68(65)46-60)59-24-13-22-55(45-59)63-26-8-10-29-66(63)70(56-37-33-49(34-38-56)54-32-31-48-17-4-5-19-52(48)43-54)57-39-35-51(36-40-57)62-28-14-20-50-18-6-7-25-61(50)62/h1-46H. The van der Waals surface area contributed by atoms with Crippen molar-refractivity contribution in [3.8, 4) is 44.5 Å². The number of nitrogens with zero attached hydrogens (tertiary/aromatic N) is 2. The van der Waals surface area contributed by atoms with Gasteiger partial charge in [0.25, 0.3) is 0 Å². The van der Waals surface area contributed by atoms with Gasteiger partial charge in [-0.3, -0.25) is 0 Å². The highest BCUT2D eigenvalue weighted by molar-refractivity contribution is 6.06. The van der Waals surface area contributed by atoms with Crippen molar-refractivity contribution in [2.24, 2.45) is 0 Å². The van der Waals surface area contributed by atoms with E-state index in [0.29, 0.717) is 0 Å². The molecule has 0 saturated heterocycles. The van der Waals surface area contributed by atoms with Crippen LogP contribution >= 0.6 is 0 Å². The molecule has 0 aliphatic heterocycles. The SMILES string of the molecule is c1ccc(-c2cccc(N(c3cccc(-c4ccccc4N(c4ccc(-c5ccc6ccccc6c5)cc4)c4ccc(-c5cccc6ccccc56)cc4)c3)c3ccc4c(c3)oc3ccccc34)c2)cc1. The van der Waals surface area contributed by atoms with E-state index >= 15 is 0 Å². The van der Waals surface area contributed by atoms with Crippen LogP contribution in [0.15, 0.2) is 283 Å². The number of furan rings is 1. The van der Waals surface area contributed by atoms with E-state index < -0.39 is 0 Å². The first-order valence-electron chi connectivity index (χ1n) is 24.2. The Morgan fingerprint density at radius 3 is 1.54 bits per heavy atom. The van der Waals surface area contributed by atoms with Gasteiger partial charge < -0.3 is 14.2 Å². The number of hydrogen-bond acceptors (Lipinski definition) is 3. The quantitative estimate of drug-likeness (QED) is 0.136. The van der Waals surface area contributed by atoms with Crippen molar-refractivity contribution in [1.82, 2.24) is 0 Å². The average molecular weight is 907 g/mol. The molecule has 334 valence electrons. The molecule has 0 N–H and O–H groups in total. The highest BCUT2D eigenvalue weighted by Crippen LogP contribution is 2.45. The Labute approximate surface area is 413 Å². The molecule has 1 aromatic heterocycles. The minimum Gasteiger partial charge on any atom is -0.456 e. The third-order valence-electron chi connectivity index (χ3n) is 13.8. The average Bonchev–Trinajstić information content (AvgIpc) is 3.82. The van der Waals surface area contributed by atoms with Crippen LogP contribution in [0.3, 0.4) is 0 Å². The predicted octanol–water partition coefficient (Wildman–Crippen LogP) is 19.5. The van der Waals surface area contributed by atoms with Crippen LogP contribution in [0.25, 0.3) is 88.0 Å². The van der Waals surface area contributed by atoms with Crippen molar-refractivity contribution < 1.29 is 4.42 Å². The summed E-state index contributed by atoms with van der Waals surface area (Å²) in [6.07, 6.45) is 0. The first kappa shape index (κ1) is 41.7. The molecule has 3 nitrogen and oxygen atoms in total. The maximum Gasteiger partial charge on any atom is 0.137 e. The first-order chi connectivity index (χ1) is 35.2. The fourth-order valence-corrected chi connectivity index (χ4v) is 10.3. The van der Waals surface area contributed by atoms with Crippen LogP contribution in [0.2, 0.25) is 0 Å². The van der Waals surface area contributed by atoms with Gasteiger partial charge in [-0.2, -0.15) is 0 Å².